The van der Waals surface area contributed by atoms with E-state index < -0.39 is 0 Å². The number of imidazole rings is 1. The minimum Gasteiger partial charge on any atom is -0.371 e. The molecule has 0 saturated heterocycles. The van der Waals surface area contributed by atoms with E-state index in [4.69, 9.17) is 0 Å². The van der Waals surface area contributed by atoms with Crippen molar-refractivity contribution in [1.29, 1.82) is 0 Å². The molecule has 3 aromatic rings. The highest BCUT2D eigenvalue weighted by molar-refractivity contribution is 7.18. The summed E-state index contributed by atoms with van der Waals surface area (Å²) in [5, 5.41) is 4.10. The van der Waals surface area contributed by atoms with Crippen LogP contribution in [0.3, 0.4) is 0 Å². The molecule has 0 aliphatic carbocycles. The molecule has 0 saturated carbocycles. The normalized spacial score (nSPS) is 11.4. The number of pyridine rings is 1. The molecule has 0 aliphatic rings. The molecule has 0 fully saturated rings. The number of hydrogen-bond acceptors (Lipinski definition) is 5. The van der Waals surface area contributed by atoms with Crippen molar-refractivity contribution in [2.75, 3.05) is 12.4 Å². The monoisotopic (exact) mass is 233 g/mol. The second-order valence-corrected chi connectivity index (χ2v) is 4.83. The van der Waals surface area contributed by atoms with Crippen LogP contribution in [0, 0.1) is 6.92 Å². The molecule has 0 amide bonds. The van der Waals surface area contributed by atoms with E-state index in [-0.39, 0.29) is 0 Å². The zero-order valence-corrected chi connectivity index (χ0v) is 10.1. The number of fused-ring (bicyclic) bond motifs is 3. The predicted molar refractivity (Wildman–Crippen MR) is 66.0 cm³/mol. The Kier molecular flexibility index (Phi) is 1.88. The van der Waals surface area contributed by atoms with Gasteiger partial charge in [-0.3, -0.25) is 0 Å². The van der Waals surface area contributed by atoms with E-state index in [9.17, 15) is 0 Å². The molecule has 82 valence electrons. The topological polar surface area (TPSA) is 55.6 Å². The molecule has 0 bridgehead atoms. The lowest BCUT2D eigenvalue weighted by atomic mass is 10.3. The van der Waals surface area contributed by atoms with Gasteiger partial charge in [-0.1, -0.05) is 11.3 Å². The summed E-state index contributed by atoms with van der Waals surface area (Å²) < 4.78 is 1.99. The summed E-state index contributed by atoms with van der Waals surface area (Å²) in [7, 11) is 3.83. The van der Waals surface area contributed by atoms with Crippen LogP contribution in [-0.4, -0.2) is 26.6 Å². The van der Waals surface area contributed by atoms with E-state index >= 15 is 0 Å². The zero-order chi connectivity index (χ0) is 11.3. The van der Waals surface area contributed by atoms with E-state index in [1.807, 2.05) is 25.6 Å². The van der Waals surface area contributed by atoms with Crippen LogP contribution in [0.4, 0.5) is 5.82 Å². The summed E-state index contributed by atoms with van der Waals surface area (Å²) in [4.78, 5) is 14.3. The molecule has 3 heterocycles. The Morgan fingerprint density at radius 1 is 1.31 bits per heavy atom. The predicted octanol–water partition coefficient (Wildman–Crippen LogP) is 1.93. The van der Waals surface area contributed by atoms with E-state index in [2.05, 4.69) is 20.3 Å². The summed E-state index contributed by atoms with van der Waals surface area (Å²) in [6, 6.07) is 0. The molecule has 0 aromatic carbocycles. The first-order valence-electron chi connectivity index (χ1n) is 4.96. The van der Waals surface area contributed by atoms with Crippen LogP contribution < -0.4 is 5.32 Å². The summed E-state index contributed by atoms with van der Waals surface area (Å²) >= 11 is 1.61. The summed E-state index contributed by atoms with van der Waals surface area (Å²) in [5.74, 6) is 0.812. The zero-order valence-electron chi connectivity index (χ0n) is 9.27. The number of aromatic nitrogens is 4. The van der Waals surface area contributed by atoms with Gasteiger partial charge >= 0.3 is 0 Å². The van der Waals surface area contributed by atoms with E-state index in [1.165, 1.54) is 0 Å². The fraction of sp³-hybridized carbons (Fsp3) is 0.300. The van der Waals surface area contributed by atoms with Crippen molar-refractivity contribution in [1.82, 2.24) is 19.5 Å². The quantitative estimate of drug-likeness (QED) is 0.697. The molecule has 6 heteroatoms. The second-order valence-electron chi connectivity index (χ2n) is 3.65. The molecule has 16 heavy (non-hydrogen) atoms. The van der Waals surface area contributed by atoms with Crippen LogP contribution in [-0.2, 0) is 7.05 Å². The standard InChI is InChI=1S/C10H11N5S/c1-5-13-7-8-6(12-4-15(8)3)9(11-2)14-10(7)16-5/h4H,1-3H3,(H,11,14). The van der Waals surface area contributed by atoms with Crippen LogP contribution in [0.1, 0.15) is 5.01 Å². The minimum atomic E-state index is 0.812. The Bertz CT molecular complexity index is 681. The molecule has 0 atom stereocenters. The van der Waals surface area contributed by atoms with Crippen molar-refractivity contribution in [3.63, 3.8) is 0 Å². The number of hydrogen-bond donors (Lipinski definition) is 1. The van der Waals surface area contributed by atoms with Gasteiger partial charge in [0.25, 0.3) is 0 Å². The molecule has 3 rings (SSSR count). The third kappa shape index (κ3) is 1.13. The molecule has 5 nitrogen and oxygen atoms in total. The Labute approximate surface area is 96.2 Å². The molecular weight excluding hydrogens is 222 g/mol. The fourth-order valence-corrected chi connectivity index (χ4v) is 2.65. The molecule has 3 aromatic heterocycles. The van der Waals surface area contributed by atoms with Gasteiger partial charge in [-0.25, -0.2) is 15.0 Å². The smallest absolute Gasteiger partial charge is 0.155 e. The van der Waals surface area contributed by atoms with Crippen molar-refractivity contribution in [2.24, 2.45) is 7.05 Å². The molecule has 0 aliphatic heterocycles. The van der Waals surface area contributed by atoms with Gasteiger partial charge in [0.1, 0.15) is 21.4 Å². The number of thiazole rings is 1. The maximum absolute atomic E-state index is 4.53. The Balaban J connectivity index is 2.59. The fourth-order valence-electron chi connectivity index (χ4n) is 1.86. The first-order chi connectivity index (χ1) is 7.70. The third-order valence-electron chi connectivity index (χ3n) is 2.55. The molecular formula is C10H11N5S. The van der Waals surface area contributed by atoms with Crippen molar-refractivity contribution >= 4 is 38.5 Å². The van der Waals surface area contributed by atoms with Crippen molar-refractivity contribution < 1.29 is 0 Å². The van der Waals surface area contributed by atoms with Crippen LogP contribution in [0.2, 0.25) is 0 Å². The van der Waals surface area contributed by atoms with Gasteiger partial charge in [-0.05, 0) is 6.92 Å². The average molecular weight is 233 g/mol. The molecule has 1 N–H and O–H groups in total. The van der Waals surface area contributed by atoms with Crippen LogP contribution in [0.5, 0.6) is 0 Å². The SMILES string of the molecule is CNc1nc2sc(C)nc2c2c1ncn2C. The summed E-state index contributed by atoms with van der Waals surface area (Å²) in [6.45, 7) is 1.99. The molecule has 0 unspecified atom stereocenters. The average Bonchev–Trinajstić information content (AvgIpc) is 2.80. The lowest BCUT2D eigenvalue weighted by molar-refractivity contribution is 0.949. The summed E-state index contributed by atoms with van der Waals surface area (Å²) in [6.07, 6.45) is 1.79. The van der Waals surface area contributed by atoms with Gasteiger partial charge in [0, 0.05) is 14.1 Å². The Morgan fingerprint density at radius 2 is 2.12 bits per heavy atom. The van der Waals surface area contributed by atoms with Gasteiger partial charge in [0.15, 0.2) is 5.82 Å². The van der Waals surface area contributed by atoms with Gasteiger partial charge in [0.2, 0.25) is 0 Å². The molecule has 0 radical (unpaired) electrons. The number of nitrogens with one attached hydrogen (secondary N) is 1. The lowest BCUT2D eigenvalue weighted by Gasteiger charge is -2.01. The number of nitrogens with zero attached hydrogens (tertiary/aromatic N) is 4. The van der Waals surface area contributed by atoms with Crippen molar-refractivity contribution in [2.45, 2.75) is 6.92 Å². The maximum atomic E-state index is 4.53. The van der Waals surface area contributed by atoms with Gasteiger partial charge in [0.05, 0.1) is 11.3 Å². The van der Waals surface area contributed by atoms with Crippen molar-refractivity contribution in [3.05, 3.63) is 11.3 Å². The van der Waals surface area contributed by atoms with Gasteiger partial charge in [-0.15, -0.1) is 0 Å². The highest BCUT2D eigenvalue weighted by Gasteiger charge is 2.14. The highest BCUT2D eigenvalue weighted by Crippen LogP contribution is 2.30. The van der Waals surface area contributed by atoms with Crippen LogP contribution in [0.25, 0.3) is 21.4 Å². The first-order valence-corrected chi connectivity index (χ1v) is 5.78. The van der Waals surface area contributed by atoms with Gasteiger partial charge in [-0.2, -0.15) is 0 Å². The highest BCUT2D eigenvalue weighted by atomic mass is 32.1. The van der Waals surface area contributed by atoms with Crippen LogP contribution in [0.15, 0.2) is 6.33 Å². The number of rotatable bonds is 1. The lowest BCUT2D eigenvalue weighted by Crippen LogP contribution is -1.95. The van der Waals surface area contributed by atoms with E-state index in [1.54, 1.807) is 17.7 Å². The van der Waals surface area contributed by atoms with Crippen LogP contribution >= 0.6 is 11.3 Å². The third-order valence-corrected chi connectivity index (χ3v) is 3.42. The Hall–Kier alpha value is -1.69. The van der Waals surface area contributed by atoms with E-state index in [0.717, 1.165) is 32.2 Å². The van der Waals surface area contributed by atoms with Gasteiger partial charge < -0.3 is 9.88 Å². The largest absolute Gasteiger partial charge is 0.371 e. The minimum absolute atomic E-state index is 0.812. The Morgan fingerprint density at radius 3 is 2.88 bits per heavy atom. The molecule has 0 spiro atoms. The van der Waals surface area contributed by atoms with Crippen molar-refractivity contribution in [3.8, 4) is 0 Å². The van der Waals surface area contributed by atoms with E-state index in [0.29, 0.717) is 0 Å². The number of anilines is 1. The summed E-state index contributed by atoms with van der Waals surface area (Å²) in [5.41, 5.74) is 2.86. The second kappa shape index (κ2) is 3.15. The number of aryl methyl sites for hydroxylation is 2. The maximum Gasteiger partial charge on any atom is 0.155 e. The first kappa shape index (κ1) is 9.53.